The lowest BCUT2D eigenvalue weighted by molar-refractivity contribution is -0.0500. The van der Waals surface area contributed by atoms with Crippen LogP contribution < -0.4 is 4.74 Å². The highest BCUT2D eigenvalue weighted by atomic mass is 16.5. The number of aliphatic hydroxyl groups excluding tert-OH is 1. The van der Waals surface area contributed by atoms with Crippen LogP contribution in [0.25, 0.3) is 0 Å². The first kappa shape index (κ1) is 12.9. The number of methoxy groups -OCH3 is 1. The van der Waals surface area contributed by atoms with Gasteiger partial charge < -0.3 is 14.6 Å². The van der Waals surface area contributed by atoms with Crippen molar-refractivity contribution in [2.75, 3.05) is 13.7 Å². The first-order valence-corrected chi connectivity index (χ1v) is 7.24. The van der Waals surface area contributed by atoms with Gasteiger partial charge in [-0.25, -0.2) is 0 Å². The van der Waals surface area contributed by atoms with Crippen LogP contribution in [0.5, 0.6) is 5.75 Å². The third kappa shape index (κ3) is 2.93. The highest BCUT2D eigenvalue weighted by Crippen LogP contribution is 2.36. The third-order valence-corrected chi connectivity index (χ3v) is 4.28. The molecule has 2 aliphatic carbocycles. The van der Waals surface area contributed by atoms with Gasteiger partial charge >= 0.3 is 0 Å². The van der Waals surface area contributed by atoms with Gasteiger partial charge in [0.2, 0.25) is 0 Å². The van der Waals surface area contributed by atoms with E-state index in [1.807, 2.05) is 12.1 Å². The minimum absolute atomic E-state index is 0.0571. The molecule has 2 atom stereocenters. The second-order valence-electron chi connectivity index (χ2n) is 5.69. The predicted molar refractivity (Wildman–Crippen MR) is 73.4 cm³/mol. The van der Waals surface area contributed by atoms with Crippen molar-refractivity contribution in [2.24, 2.45) is 5.92 Å². The van der Waals surface area contributed by atoms with E-state index in [2.05, 4.69) is 6.07 Å². The maximum absolute atomic E-state index is 10.4. The predicted octanol–water partition coefficient (Wildman–Crippen LogP) is 2.86. The van der Waals surface area contributed by atoms with E-state index in [9.17, 15) is 5.11 Å². The fourth-order valence-electron chi connectivity index (χ4n) is 2.83. The zero-order chi connectivity index (χ0) is 13.2. The van der Waals surface area contributed by atoms with Gasteiger partial charge in [-0.1, -0.05) is 18.9 Å². The Morgan fingerprint density at radius 2 is 2.11 bits per heavy atom. The molecule has 1 aromatic carbocycles. The van der Waals surface area contributed by atoms with Crippen LogP contribution in [0.2, 0.25) is 0 Å². The monoisotopic (exact) mass is 262 g/mol. The Balaban J connectivity index is 1.65. The Morgan fingerprint density at radius 3 is 2.84 bits per heavy atom. The maximum Gasteiger partial charge on any atom is 0.119 e. The molecular formula is C16H22O3. The number of hydrogen-bond donors (Lipinski definition) is 1. The molecule has 0 aromatic heterocycles. The van der Waals surface area contributed by atoms with Crippen molar-refractivity contribution in [1.82, 2.24) is 0 Å². The maximum atomic E-state index is 10.4. The molecule has 2 aliphatic rings. The number of fused-ring (bicyclic) bond motifs is 1. The summed E-state index contributed by atoms with van der Waals surface area (Å²) >= 11 is 0. The Hall–Kier alpha value is -1.06. The van der Waals surface area contributed by atoms with Crippen LogP contribution in [0, 0.1) is 5.92 Å². The minimum Gasteiger partial charge on any atom is -0.497 e. The van der Waals surface area contributed by atoms with E-state index in [0.717, 1.165) is 43.1 Å². The van der Waals surface area contributed by atoms with Gasteiger partial charge in [0, 0.05) is 6.61 Å². The first-order chi connectivity index (χ1) is 9.28. The molecule has 1 N–H and O–H groups in total. The van der Waals surface area contributed by atoms with Gasteiger partial charge in [-0.05, 0) is 48.4 Å². The average molecular weight is 262 g/mol. The number of aryl methyl sites for hydroxylation is 1. The molecule has 19 heavy (non-hydrogen) atoms. The van der Waals surface area contributed by atoms with Gasteiger partial charge in [-0.3, -0.25) is 0 Å². The van der Waals surface area contributed by atoms with E-state index in [4.69, 9.17) is 9.47 Å². The zero-order valence-electron chi connectivity index (χ0n) is 11.5. The second-order valence-corrected chi connectivity index (χ2v) is 5.69. The lowest BCUT2D eigenvalue weighted by atomic mass is 9.87. The molecule has 0 spiro atoms. The van der Waals surface area contributed by atoms with Gasteiger partial charge in [-0.2, -0.15) is 0 Å². The molecule has 1 saturated carbocycles. The van der Waals surface area contributed by atoms with Crippen LogP contribution in [-0.4, -0.2) is 24.9 Å². The van der Waals surface area contributed by atoms with E-state index in [1.54, 1.807) is 7.11 Å². The highest BCUT2D eigenvalue weighted by Gasteiger charge is 2.29. The summed E-state index contributed by atoms with van der Waals surface area (Å²) in [6, 6.07) is 5.95. The number of ether oxygens (including phenoxy) is 2. The van der Waals surface area contributed by atoms with Crippen LogP contribution >= 0.6 is 0 Å². The molecule has 3 rings (SSSR count). The van der Waals surface area contributed by atoms with Crippen LogP contribution in [0.4, 0.5) is 0 Å². The summed E-state index contributed by atoms with van der Waals surface area (Å²) in [4.78, 5) is 0. The molecule has 0 aliphatic heterocycles. The third-order valence-electron chi connectivity index (χ3n) is 4.28. The fourth-order valence-corrected chi connectivity index (χ4v) is 2.83. The Kier molecular flexibility index (Phi) is 3.76. The summed E-state index contributed by atoms with van der Waals surface area (Å²) in [6.45, 7) is 0.783. The van der Waals surface area contributed by atoms with Gasteiger partial charge in [0.25, 0.3) is 0 Å². The lowest BCUT2D eigenvalue weighted by Crippen LogP contribution is -2.28. The lowest BCUT2D eigenvalue weighted by Gasteiger charge is -2.30. The Bertz CT molecular complexity index is 440. The molecule has 1 aromatic rings. The minimum atomic E-state index is -0.516. The van der Waals surface area contributed by atoms with E-state index < -0.39 is 6.10 Å². The summed E-state index contributed by atoms with van der Waals surface area (Å²) in [5.74, 6) is 1.68. The van der Waals surface area contributed by atoms with Gasteiger partial charge in [0.05, 0.1) is 13.2 Å². The van der Waals surface area contributed by atoms with Crippen molar-refractivity contribution in [2.45, 2.75) is 44.3 Å². The van der Waals surface area contributed by atoms with Crippen molar-refractivity contribution < 1.29 is 14.6 Å². The molecular weight excluding hydrogens is 240 g/mol. The number of rotatable bonds is 5. The summed E-state index contributed by atoms with van der Waals surface area (Å²) in [5.41, 5.74) is 2.19. The number of hydrogen-bond acceptors (Lipinski definition) is 3. The average Bonchev–Trinajstić information content (AvgIpc) is 3.25. The molecule has 3 heteroatoms. The number of aliphatic hydroxyl groups is 1. The Morgan fingerprint density at radius 1 is 1.26 bits per heavy atom. The SMILES string of the molecule is COc1ccc2c(c1)C(O)C(OCCC1CC1)CC2. The molecule has 3 nitrogen and oxygen atoms in total. The molecule has 0 saturated heterocycles. The van der Waals surface area contributed by atoms with E-state index >= 15 is 0 Å². The van der Waals surface area contributed by atoms with Crippen LogP contribution in [0.15, 0.2) is 18.2 Å². The smallest absolute Gasteiger partial charge is 0.119 e. The molecule has 0 heterocycles. The van der Waals surface area contributed by atoms with Crippen molar-refractivity contribution in [3.05, 3.63) is 29.3 Å². The van der Waals surface area contributed by atoms with E-state index in [0.29, 0.717) is 0 Å². The molecule has 1 fully saturated rings. The van der Waals surface area contributed by atoms with E-state index in [1.165, 1.54) is 18.4 Å². The van der Waals surface area contributed by atoms with Crippen LogP contribution in [0.3, 0.4) is 0 Å². The zero-order valence-corrected chi connectivity index (χ0v) is 11.5. The van der Waals surface area contributed by atoms with Crippen molar-refractivity contribution >= 4 is 0 Å². The van der Waals surface area contributed by atoms with Crippen molar-refractivity contribution in [3.8, 4) is 5.75 Å². The van der Waals surface area contributed by atoms with Gasteiger partial charge in [-0.15, -0.1) is 0 Å². The quantitative estimate of drug-likeness (QED) is 0.886. The molecule has 104 valence electrons. The summed E-state index contributed by atoms with van der Waals surface area (Å²) in [7, 11) is 1.65. The van der Waals surface area contributed by atoms with Crippen LogP contribution in [-0.2, 0) is 11.2 Å². The molecule has 2 unspecified atom stereocenters. The van der Waals surface area contributed by atoms with Crippen molar-refractivity contribution in [1.29, 1.82) is 0 Å². The highest BCUT2D eigenvalue weighted by molar-refractivity contribution is 5.39. The standard InChI is InChI=1S/C16H22O3/c1-18-13-6-4-12-5-7-15(16(17)14(12)10-13)19-9-8-11-2-3-11/h4,6,10-11,15-17H,2-3,5,7-9H2,1H3. The molecule has 0 amide bonds. The number of benzene rings is 1. The normalized spacial score (nSPS) is 26.0. The molecule has 0 bridgehead atoms. The molecule has 0 radical (unpaired) electrons. The topological polar surface area (TPSA) is 38.7 Å². The summed E-state index contributed by atoms with van der Waals surface area (Å²) in [6.07, 6.45) is 5.17. The summed E-state index contributed by atoms with van der Waals surface area (Å²) in [5, 5.41) is 10.4. The Labute approximate surface area is 114 Å². The van der Waals surface area contributed by atoms with Gasteiger partial charge in [0.15, 0.2) is 0 Å². The fraction of sp³-hybridized carbons (Fsp3) is 0.625. The second kappa shape index (κ2) is 5.51. The van der Waals surface area contributed by atoms with Gasteiger partial charge in [0.1, 0.15) is 11.9 Å². The largest absolute Gasteiger partial charge is 0.497 e. The van der Waals surface area contributed by atoms with Crippen LogP contribution in [0.1, 0.15) is 42.9 Å². The van der Waals surface area contributed by atoms with E-state index in [-0.39, 0.29) is 6.10 Å². The first-order valence-electron chi connectivity index (χ1n) is 7.24. The summed E-state index contributed by atoms with van der Waals surface area (Å²) < 4.78 is 11.1. The van der Waals surface area contributed by atoms with Crippen molar-refractivity contribution in [3.63, 3.8) is 0 Å².